The number of nitriles is 1. The molecule has 3 fully saturated rings. The Morgan fingerprint density at radius 1 is 1.10 bits per heavy atom. The van der Waals surface area contributed by atoms with Gasteiger partial charge in [-0.3, -0.25) is 5.32 Å². The maximum Gasteiger partial charge on any atom is 0.108 e. The van der Waals surface area contributed by atoms with E-state index in [2.05, 4.69) is 30.3 Å². The van der Waals surface area contributed by atoms with Gasteiger partial charge in [0.2, 0.25) is 0 Å². The van der Waals surface area contributed by atoms with Gasteiger partial charge in [0, 0.05) is 18.1 Å². The van der Waals surface area contributed by atoms with Crippen molar-refractivity contribution in [3.63, 3.8) is 0 Å². The van der Waals surface area contributed by atoms with E-state index >= 15 is 0 Å². The molecule has 2 atom stereocenters. The summed E-state index contributed by atoms with van der Waals surface area (Å²) in [5.41, 5.74) is -0.222. The molecule has 0 heterocycles. The lowest BCUT2D eigenvalue weighted by Gasteiger charge is -2.38. The highest BCUT2D eigenvalue weighted by molar-refractivity contribution is 5.15. The maximum atomic E-state index is 9.64. The zero-order chi connectivity index (χ0) is 14.9. The topological polar surface area (TPSA) is 39.1 Å². The van der Waals surface area contributed by atoms with Gasteiger partial charge >= 0.3 is 0 Å². The summed E-state index contributed by atoms with van der Waals surface area (Å²) in [6.07, 6.45) is 12.7. The second-order valence-electron chi connectivity index (χ2n) is 7.76. The Bertz CT molecular complexity index is 390. The van der Waals surface area contributed by atoms with E-state index in [-0.39, 0.29) is 5.54 Å². The maximum absolute atomic E-state index is 9.64. The molecule has 0 aromatic rings. The lowest BCUT2D eigenvalue weighted by molar-refractivity contribution is 0.118. The van der Waals surface area contributed by atoms with Crippen LogP contribution in [0.1, 0.15) is 71.1 Å². The summed E-state index contributed by atoms with van der Waals surface area (Å²) in [4.78, 5) is 2.62. The summed E-state index contributed by atoms with van der Waals surface area (Å²) < 4.78 is 0. The van der Waals surface area contributed by atoms with Gasteiger partial charge in [-0.25, -0.2) is 0 Å². The van der Waals surface area contributed by atoms with Crippen molar-refractivity contribution in [3.8, 4) is 6.07 Å². The molecule has 3 heteroatoms. The highest BCUT2D eigenvalue weighted by atomic mass is 15.2. The van der Waals surface area contributed by atoms with Crippen LogP contribution < -0.4 is 5.32 Å². The van der Waals surface area contributed by atoms with Crippen molar-refractivity contribution in [3.05, 3.63) is 0 Å². The minimum atomic E-state index is -0.222. The Labute approximate surface area is 130 Å². The predicted molar refractivity (Wildman–Crippen MR) is 85.9 cm³/mol. The molecule has 0 bridgehead atoms. The minimum Gasteiger partial charge on any atom is -0.300 e. The number of rotatable bonds is 5. The quantitative estimate of drug-likeness (QED) is 0.842. The third kappa shape index (κ3) is 3.43. The molecule has 1 N–H and O–H groups in total. The highest BCUT2D eigenvalue weighted by Gasteiger charge is 2.44. The molecule has 3 saturated carbocycles. The van der Waals surface area contributed by atoms with E-state index in [0.717, 1.165) is 24.8 Å². The first kappa shape index (κ1) is 15.3. The SMILES string of the molecule is CCC1CCC(N(C)C2CCC(C#N)(NC3CC3)C2)CC1. The van der Waals surface area contributed by atoms with Gasteiger partial charge in [-0.15, -0.1) is 0 Å². The van der Waals surface area contributed by atoms with Gasteiger partial charge < -0.3 is 4.90 Å². The van der Waals surface area contributed by atoms with Crippen molar-refractivity contribution < 1.29 is 0 Å². The molecule has 0 spiro atoms. The Morgan fingerprint density at radius 2 is 1.81 bits per heavy atom. The molecule has 0 amide bonds. The van der Waals surface area contributed by atoms with Gasteiger partial charge in [0.05, 0.1) is 6.07 Å². The van der Waals surface area contributed by atoms with Crippen LogP contribution in [0.15, 0.2) is 0 Å². The van der Waals surface area contributed by atoms with Crippen molar-refractivity contribution in [2.45, 2.75) is 94.8 Å². The molecular weight excluding hydrogens is 258 g/mol. The lowest BCUT2D eigenvalue weighted by atomic mass is 9.83. The fourth-order valence-electron chi connectivity index (χ4n) is 4.51. The van der Waals surface area contributed by atoms with Crippen molar-refractivity contribution in [1.82, 2.24) is 10.2 Å². The van der Waals surface area contributed by atoms with Crippen molar-refractivity contribution in [2.24, 2.45) is 5.92 Å². The summed E-state index contributed by atoms with van der Waals surface area (Å²) in [5.74, 6) is 0.966. The van der Waals surface area contributed by atoms with Crippen molar-refractivity contribution >= 4 is 0 Å². The molecule has 0 radical (unpaired) electrons. The molecule has 0 aromatic heterocycles. The predicted octanol–water partition coefficient (Wildman–Crippen LogP) is 3.45. The first-order valence-corrected chi connectivity index (χ1v) is 9.06. The average Bonchev–Trinajstić information content (AvgIpc) is 3.24. The fraction of sp³-hybridized carbons (Fsp3) is 0.944. The highest BCUT2D eigenvalue weighted by Crippen LogP contribution is 2.38. The summed E-state index contributed by atoms with van der Waals surface area (Å²) in [6, 6.07) is 4.62. The zero-order valence-electron chi connectivity index (χ0n) is 13.8. The van der Waals surface area contributed by atoms with Crippen LogP contribution in [-0.4, -0.2) is 35.6 Å². The van der Waals surface area contributed by atoms with E-state index in [0.29, 0.717) is 12.1 Å². The first-order valence-electron chi connectivity index (χ1n) is 9.06. The van der Waals surface area contributed by atoms with Gasteiger partial charge in [0.15, 0.2) is 0 Å². The second-order valence-corrected chi connectivity index (χ2v) is 7.76. The molecule has 2 unspecified atom stereocenters. The van der Waals surface area contributed by atoms with Crippen LogP contribution in [0.25, 0.3) is 0 Å². The van der Waals surface area contributed by atoms with Crippen molar-refractivity contribution in [2.75, 3.05) is 7.05 Å². The molecule has 3 rings (SSSR count). The summed E-state index contributed by atoms with van der Waals surface area (Å²) in [5, 5.41) is 13.3. The Morgan fingerprint density at radius 3 is 2.38 bits per heavy atom. The molecule has 118 valence electrons. The van der Waals surface area contributed by atoms with E-state index < -0.39 is 0 Å². The minimum absolute atomic E-state index is 0.222. The van der Waals surface area contributed by atoms with Gasteiger partial charge in [-0.05, 0) is 70.8 Å². The normalized spacial score (nSPS) is 40.4. The third-order valence-corrected chi connectivity index (χ3v) is 6.31. The lowest BCUT2D eigenvalue weighted by Crippen LogP contribution is -2.46. The smallest absolute Gasteiger partial charge is 0.108 e. The number of hydrogen-bond acceptors (Lipinski definition) is 3. The Hall–Kier alpha value is -0.590. The van der Waals surface area contributed by atoms with Crippen LogP contribution in [0.3, 0.4) is 0 Å². The average molecular weight is 289 g/mol. The van der Waals surface area contributed by atoms with Crippen LogP contribution in [-0.2, 0) is 0 Å². The molecule has 3 aliphatic rings. The standard InChI is InChI=1S/C18H31N3/c1-3-14-4-8-16(9-5-14)21(2)17-10-11-18(12-17,13-19)20-15-6-7-15/h14-17,20H,3-12H2,1-2H3. The van der Waals surface area contributed by atoms with Crippen molar-refractivity contribution in [1.29, 1.82) is 5.26 Å². The van der Waals surface area contributed by atoms with E-state index in [9.17, 15) is 5.26 Å². The van der Waals surface area contributed by atoms with Gasteiger partial charge in [-0.2, -0.15) is 5.26 Å². The third-order valence-electron chi connectivity index (χ3n) is 6.31. The summed E-state index contributed by atoms with van der Waals surface area (Å²) >= 11 is 0. The molecule has 21 heavy (non-hydrogen) atoms. The Kier molecular flexibility index (Phi) is 4.57. The van der Waals surface area contributed by atoms with Crippen LogP contribution in [0.2, 0.25) is 0 Å². The van der Waals surface area contributed by atoms with Crippen LogP contribution in [0, 0.1) is 17.2 Å². The number of hydrogen-bond donors (Lipinski definition) is 1. The molecule has 0 saturated heterocycles. The van der Waals surface area contributed by atoms with Gasteiger partial charge in [0.1, 0.15) is 5.54 Å². The van der Waals surface area contributed by atoms with E-state index in [4.69, 9.17) is 0 Å². The Balaban J connectivity index is 1.54. The largest absolute Gasteiger partial charge is 0.300 e. The molecule has 3 aliphatic carbocycles. The summed E-state index contributed by atoms with van der Waals surface area (Å²) in [7, 11) is 2.31. The molecular formula is C18H31N3. The fourth-order valence-corrected chi connectivity index (χ4v) is 4.51. The van der Waals surface area contributed by atoms with E-state index in [1.807, 2.05) is 0 Å². The van der Waals surface area contributed by atoms with Crippen LogP contribution in [0.4, 0.5) is 0 Å². The van der Waals surface area contributed by atoms with Crippen LogP contribution in [0.5, 0.6) is 0 Å². The first-order chi connectivity index (χ1) is 10.2. The molecule has 0 aromatic carbocycles. The summed E-state index contributed by atoms with van der Waals surface area (Å²) in [6.45, 7) is 2.33. The monoisotopic (exact) mass is 289 g/mol. The number of nitrogens with zero attached hydrogens (tertiary/aromatic N) is 2. The van der Waals surface area contributed by atoms with Gasteiger partial charge in [0.25, 0.3) is 0 Å². The van der Waals surface area contributed by atoms with E-state index in [1.165, 1.54) is 51.4 Å². The second kappa shape index (κ2) is 6.26. The van der Waals surface area contributed by atoms with Crippen LogP contribution >= 0.6 is 0 Å². The van der Waals surface area contributed by atoms with Gasteiger partial charge in [-0.1, -0.05) is 13.3 Å². The zero-order valence-corrected chi connectivity index (χ0v) is 13.8. The number of nitrogens with one attached hydrogen (secondary N) is 1. The molecule has 3 nitrogen and oxygen atoms in total. The van der Waals surface area contributed by atoms with E-state index in [1.54, 1.807) is 0 Å². The molecule has 0 aliphatic heterocycles.